The van der Waals surface area contributed by atoms with Crippen LogP contribution < -0.4 is 9.47 Å². The van der Waals surface area contributed by atoms with E-state index >= 15 is 0 Å². The smallest absolute Gasteiger partial charge is 0.356 e. The zero-order chi connectivity index (χ0) is 14.3. The van der Waals surface area contributed by atoms with Gasteiger partial charge in [0.15, 0.2) is 17.2 Å². The molecule has 1 aromatic carbocycles. The first kappa shape index (κ1) is 12.8. The first-order chi connectivity index (χ1) is 9.58. The molecule has 7 heteroatoms. The molecule has 0 saturated heterocycles. The molecule has 20 heavy (non-hydrogen) atoms. The van der Waals surface area contributed by atoms with Gasteiger partial charge in [-0.25, -0.2) is 4.79 Å². The number of carboxylic acids is 1. The van der Waals surface area contributed by atoms with Crippen LogP contribution in [0.25, 0.3) is 11.3 Å². The van der Waals surface area contributed by atoms with Gasteiger partial charge in [0.05, 0.1) is 10.7 Å². The summed E-state index contributed by atoms with van der Waals surface area (Å²) >= 11 is 6.08. The van der Waals surface area contributed by atoms with Crippen molar-refractivity contribution >= 4 is 17.6 Å². The fourth-order valence-electron chi connectivity index (χ4n) is 2.13. The SMILES string of the molecule is Cn1nc(C(=O)O)cc1-c1ccc(Cl)c2c1OCCO2. The summed E-state index contributed by atoms with van der Waals surface area (Å²) < 4.78 is 12.6. The number of hydrogen-bond donors (Lipinski definition) is 1. The average Bonchev–Trinajstić information content (AvgIpc) is 2.82. The van der Waals surface area contributed by atoms with Gasteiger partial charge in [0, 0.05) is 12.6 Å². The lowest BCUT2D eigenvalue weighted by Gasteiger charge is -2.22. The van der Waals surface area contributed by atoms with Crippen molar-refractivity contribution in [3.63, 3.8) is 0 Å². The molecule has 1 N–H and O–H groups in total. The Morgan fingerprint density at radius 2 is 2.05 bits per heavy atom. The minimum absolute atomic E-state index is 0.0251. The number of benzene rings is 1. The molecule has 0 fully saturated rings. The largest absolute Gasteiger partial charge is 0.485 e. The molecule has 2 heterocycles. The molecule has 1 aromatic heterocycles. The molecule has 3 rings (SSSR count). The van der Waals surface area contributed by atoms with Gasteiger partial charge in [0.25, 0.3) is 0 Å². The average molecular weight is 295 g/mol. The quantitative estimate of drug-likeness (QED) is 0.919. The number of carboxylic acid groups (broad SMARTS) is 1. The normalized spacial score (nSPS) is 13.3. The van der Waals surface area contributed by atoms with Crippen LogP contribution in [-0.4, -0.2) is 34.1 Å². The summed E-state index contributed by atoms with van der Waals surface area (Å²) in [7, 11) is 1.67. The van der Waals surface area contributed by atoms with Gasteiger partial charge in [-0.15, -0.1) is 0 Å². The number of aryl methyl sites for hydroxylation is 1. The van der Waals surface area contributed by atoms with Crippen molar-refractivity contribution in [2.45, 2.75) is 0 Å². The highest BCUT2D eigenvalue weighted by Crippen LogP contribution is 2.44. The number of ether oxygens (including phenoxy) is 2. The van der Waals surface area contributed by atoms with Gasteiger partial charge >= 0.3 is 5.97 Å². The summed E-state index contributed by atoms with van der Waals surface area (Å²) in [5.41, 5.74) is 1.30. The first-order valence-corrected chi connectivity index (χ1v) is 6.31. The Morgan fingerprint density at radius 1 is 1.35 bits per heavy atom. The second-order valence-electron chi connectivity index (χ2n) is 4.29. The number of fused-ring (bicyclic) bond motifs is 1. The molecule has 0 radical (unpaired) electrons. The van der Waals surface area contributed by atoms with Crippen LogP contribution in [0.3, 0.4) is 0 Å². The Balaban J connectivity index is 2.18. The molecule has 1 aliphatic heterocycles. The second kappa shape index (κ2) is 4.72. The summed E-state index contributed by atoms with van der Waals surface area (Å²) in [6.45, 7) is 0.853. The van der Waals surface area contributed by atoms with Gasteiger partial charge in [-0.3, -0.25) is 4.68 Å². The van der Waals surface area contributed by atoms with E-state index < -0.39 is 5.97 Å². The van der Waals surface area contributed by atoms with Crippen LogP contribution in [0.4, 0.5) is 0 Å². The molecule has 0 aliphatic carbocycles. The number of aromatic nitrogens is 2. The van der Waals surface area contributed by atoms with Gasteiger partial charge < -0.3 is 14.6 Å². The van der Waals surface area contributed by atoms with Crippen molar-refractivity contribution in [1.82, 2.24) is 9.78 Å². The minimum atomic E-state index is -1.08. The van der Waals surface area contributed by atoms with Crippen molar-refractivity contribution < 1.29 is 19.4 Å². The molecule has 0 unspecified atom stereocenters. The van der Waals surface area contributed by atoms with Gasteiger partial charge in [0.2, 0.25) is 0 Å². The lowest BCUT2D eigenvalue weighted by atomic mass is 10.1. The standard InChI is InChI=1S/C13H11ClN2O4/c1-16-10(6-9(15-16)13(17)18)7-2-3-8(14)12-11(7)19-4-5-20-12/h2-3,6H,4-5H2,1H3,(H,17,18). The van der Waals surface area contributed by atoms with Gasteiger partial charge in [-0.05, 0) is 18.2 Å². The summed E-state index contributed by atoms with van der Waals surface area (Å²) in [4.78, 5) is 11.0. The van der Waals surface area contributed by atoms with E-state index in [1.807, 2.05) is 0 Å². The molecular weight excluding hydrogens is 284 g/mol. The van der Waals surface area contributed by atoms with Crippen LogP contribution in [0.15, 0.2) is 18.2 Å². The number of hydrogen-bond acceptors (Lipinski definition) is 4. The van der Waals surface area contributed by atoms with Crippen LogP contribution in [0.1, 0.15) is 10.5 Å². The molecule has 0 atom stereocenters. The predicted octanol–water partition coefficient (Wildman–Crippen LogP) is 2.21. The zero-order valence-electron chi connectivity index (χ0n) is 10.6. The Morgan fingerprint density at radius 3 is 2.70 bits per heavy atom. The monoisotopic (exact) mass is 294 g/mol. The maximum atomic E-state index is 11.0. The van der Waals surface area contributed by atoms with E-state index in [0.717, 1.165) is 0 Å². The Labute approximate surface area is 119 Å². The maximum absolute atomic E-state index is 11.0. The van der Waals surface area contributed by atoms with Gasteiger partial charge in [-0.2, -0.15) is 5.10 Å². The molecule has 0 amide bonds. The molecular formula is C13H11ClN2O4. The number of carbonyl (C=O) groups is 1. The lowest BCUT2D eigenvalue weighted by Crippen LogP contribution is -2.16. The van der Waals surface area contributed by atoms with Gasteiger partial charge in [-0.1, -0.05) is 11.6 Å². The second-order valence-corrected chi connectivity index (χ2v) is 4.70. The van der Waals surface area contributed by atoms with Crippen molar-refractivity contribution in [2.24, 2.45) is 7.05 Å². The zero-order valence-corrected chi connectivity index (χ0v) is 11.3. The molecule has 2 aromatic rings. The maximum Gasteiger partial charge on any atom is 0.356 e. The summed E-state index contributed by atoms with van der Waals surface area (Å²) in [6.07, 6.45) is 0. The lowest BCUT2D eigenvalue weighted by molar-refractivity contribution is 0.0689. The topological polar surface area (TPSA) is 73.6 Å². The fraction of sp³-hybridized carbons (Fsp3) is 0.231. The van der Waals surface area contributed by atoms with E-state index in [0.29, 0.717) is 41.0 Å². The Bertz CT molecular complexity index is 696. The highest BCUT2D eigenvalue weighted by molar-refractivity contribution is 6.32. The number of nitrogens with zero attached hydrogens (tertiary/aromatic N) is 2. The van der Waals surface area contributed by atoms with Crippen molar-refractivity contribution in [1.29, 1.82) is 0 Å². The number of halogens is 1. The highest BCUT2D eigenvalue weighted by Gasteiger charge is 2.23. The van der Waals surface area contributed by atoms with Crippen LogP contribution in [0.2, 0.25) is 5.02 Å². The molecule has 1 aliphatic rings. The van der Waals surface area contributed by atoms with Crippen LogP contribution in [0, 0.1) is 0 Å². The van der Waals surface area contributed by atoms with Crippen molar-refractivity contribution in [2.75, 3.05) is 13.2 Å². The third kappa shape index (κ3) is 1.98. The molecule has 104 valence electrons. The Kier molecular flexibility index (Phi) is 3.02. The third-order valence-corrected chi connectivity index (χ3v) is 3.31. The van der Waals surface area contributed by atoms with Gasteiger partial charge in [0.1, 0.15) is 13.2 Å². The number of aromatic carboxylic acids is 1. The van der Waals surface area contributed by atoms with E-state index in [2.05, 4.69) is 5.10 Å². The summed E-state index contributed by atoms with van der Waals surface area (Å²) in [5.74, 6) is -0.0796. The molecule has 0 bridgehead atoms. The van der Waals surface area contributed by atoms with Crippen LogP contribution >= 0.6 is 11.6 Å². The van der Waals surface area contributed by atoms with E-state index in [-0.39, 0.29) is 5.69 Å². The van der Waals surface area contributed by atoms with Crippen LogP contribution in [0.5, 0.6) is 11.5 Å². The Hall–Kier alpha value is -2.21. The summed E-state index contributed by atoms with van der Waals surface area (Å²) in [5, 5.41) is 13.4. The molecule has 0 saturated carbocycles. The third-order valence-electron chi connectivity index (χ3n) is 3.02. The van der Waals surface area contributed by atoms with Crippen molar-refractivity contribution in [3.8, 4) is 22.8 Å². The van der Waals surface area contributed by atoms with Crippen LogP contribution in [-0.2, 0) is 7.05 Å². The highest BCUT2D eigenvalue weighted by atomic mass is 35.5. The van der Waals surface area contributed by atoms with E-state index in [1.165, 1.54) is 10.7 Å². The van der Waals surface area contributed by atoms with Crippen molar-refractivity contribution in [3.05, 3.63) is 28.9 Å². The minimum Gasteiger partial charge on any atom is -0.485 e. The molecule has 6 nitrogen and oxygen atoms in total. The number of rotatable bonds is 2. The fourth-order valence-corrected chi connectivity index (χ4v) is 2.33. The van der Waals surface area contributed by atoms with E-state index in [4.69, 9.17) is 26.2 Å². The predicted molar refractivity (Wildman–Crippen MR) is 71.6 cm³/mol. The first-order valence-electron chi connectivity index (χ1n) is 5.93. The molecule has 0 spiro atoms. The van der Waals surface area contributed by atoms with E-state index in [9.17, 15) is 4.79 Å². The summed E-state index contributed by atoms with van der Waals surface area (Å²) in [6, 6.07) is 4.94. The van der Waals surface area contributed by atoms with E-state index in [1.54, 1.807) is 19.2 Å².